The van der Waals surface area contributed by atoms with Gasteiger partial charge in [0.1, 0.15) is 11.9 Å². The smallest absolute Gasteiger partial charge is 0.243 e. The molecule has 1 atom stereocenters. The summed E-state index contributed by atoms with van der Waals surface area (Å²) in [5.74, 6) is -0.609. The Morgan fingerprint density at radius 3 is 2.15 bits per heavy atom. The zero-order valence-corrected chi connectivity index (χ0v) is 11.4. The minimum Gasteiger partial charge on any atom is -0.243 e. The van der Waals surface area contributed by atoms with Crippen molar-refractivity contribution in [2.24, 2.45) is 0 Å². The van der Waals surface area contributed by atoms with Crippen molar-refractivity contribution in [3.05, 3.63) is 52.9 Å². The van der Waals surface area contributed by atoms with Crippen LogP contribution in [0.15, 0.2) is 40.6 Å². The minimum atomic E-state index is -4.54. The summed E-state index contributed by atoms with van der Waals surface area (Å²) in [6.45, 7) is 0. The van der Waals surface area contributed by atoms with E-state index < -0.39 is 23.2 Å². The summed E-state index contributed by atoms with van der Waals surface area (Å²) in [7, 11) is 0. The van der Waals surface area contributed by atoms with E-state index >= 15 is 0 Å². The van der Waals surface area contributed by atoms with Crippen molar-refractivity contribution in [3.8, 4) is 0 Å². The second-order valence-electron chi connectivity index (χ2n) is 3.80. The number of halogens is 5. The maximum Gasteiger partial charge on any atom is 0.408 e. The Hall–Kier alpha value is -1.12. The van der Waals surface area contributed by atoms with Crippen molar-refractivity contribution < 1.29 is 22.0 Å². The molecule has 0 radical (unpaired) electrons. The molecule has 0 saturated heterocycles. The molecule has 8 heteroatoms. The average molecular weight is 325 g/mol. The van der Waals surface area contributed by atoms with E-state index in [0.29, 0.717) is 16.2 Å². The molecular weight excluding hydrogens is 317 g/mol. The molecule has 0 fully saturated rings. The van der Waals surface area contributed by atoms with Crippen molar-refractivity contribution in [2.75, 3.05) is 0 Å². The Kier molecular flexibility index (Phi) is 4.66. The molecule has 0 saturated carbocycles. The number of alkyl halides is 3. The first-order valence-electron chi connectivity index (χ1n) is 5.36. The summed E-state index contributed by atoms with van der Waals surface area (Å²) in [4.78, 5) is 0. The Bertz CT molecular complexity index is 564. The normalized spacial score (nSPS) is 13.4. The molecule has 108 valence electrons. The van der Waals surface area contributed by atoms with E-state index in [2.05, 4.69) is 4.72 Å². The van der Waals surface area contributed by atoms with Gasteiger partial charge in [-0.3, -0.25) is 0 Å². The van der Waals surface area contributed by atoms with Crippen LogP contribution in [0.25, 0.3) is 0 Å². The van der Waals surface area contributed by atoms with E-state index in [1.807, 2.05) is 0 Å². The van der Waals surface area contributed by atoms with Gasteiger partial charge in [0.25, 0.3) is 0 Å². The van der Waals surface area contributed by atoms with Crippen LogP contribution in [0.5, 0.6) is 0 Å². The van der Waals surface area contributed by atoms with Crippen molar-refractivity contribution in [1.82, 2.24) is 4.72 Å². The fraction of sp³-hybridized carbons (Fsp3) is 0.167. The van der Waals surface area contributed by atoms with Crippen LogP contribution < -0.4 is 4.72 Å². The van der Waals surface area contributed by atoms with Gasteiger partial charge in [-0.15, -0.1) is 0 Å². The van der Waals surface area contributed by atoms with E-state index in [0.717, 1.165) is 35.6 Å². The van der Waals surface area contributed by atoms with Crippen LogP contribution in [0.2, 0.25) is 0 Å². The number of thiophene rings is 1. The van der Waals surface area contributed by atoms with Gasteiger partial charge in [0.15, 0.2) is 5.13 Å². The summed E-state index contributed by atoms with van der Waals surface area (Å²) in [6, 6.07) is 4.66. The first-order valence-corrected chi connectivity index (χ1v) is 6.99. The second-order valence-corrected chi connectivity index (χ2v) is 5.98. The highest BCUT2D eigenvalue weighted by atomic mass is 32.2. The highest BCUT2D eigenvalue weighted by Gasteiger charge is 2.40. The van der Waals surface area contributed by atoms with E-state index in [9.17, 15) is 22.0 Å². The Morgan fingerprint density at radius 2 is 1.65 bits per heavy atom. The highest BCUT2D eigenvalue weighted by molar-refractivity contribution is 7.99. The molecule has 2 rings (SSSR count). The largest absolute Gasteiger partial charge is 0.408 e. The third kappa shape index (κ3) is 3.94. The van der Waals surface area contributed by atoms with Gasteiger partial charge in [0.2, 0.25) is 0 Å². The topological polar surface area (TPSA) is 12.0 Å². The zero-order chi connectivity index (χ0) is 14.8. The Labute approximate surface area is 119 Å². The summed E-state index contributed by atoms with van der Waals surface area (Å²) in [5, 5.41) is -0.473. The van der Waals surface area contributed by atoms with Gasteiger partial charge in [-0.1, -0.05) is 23.5 Å². The van der Waals surface area contributed by atoms with Crippen LogP contribution in [0.3, 0.4) is 0 Å². The standard InChI is InChI=1S/C12H8F5NS2/c13-8-3-1-7(2-4-8)11(12(15,16)17)18-20-10-6-5-9(14)19-10/h1-6,11,18H. The van der Waals surface area contributed by atoms with Crippen LogP contribution in [-0.4, -0.2) is 6.18 Å². The monoisotopic (exact) mass is 325 g/mol. The maximum absolute atomic E-state index is 13.0. The second kappa shape index (κ2) is 6.11. The fourth-order valence-corrected chi connectivity index (χ4v) is 3.10. The number of nitrogens with one attached hydrogen (secondary N) is 1. The maximum atomic E-state index is 13.0. The molecular formula is C12H8F5NS2. The molecule has 1 nitrogen and oxygen atoms in total. The summed E-state index contributed by atoms with van der Waals surface area (Å²) >= 11 is 1.43. The molecule has 1 heterocycles. The van der Waals surface area contributed by atoms with Gasteiger partial charge in [0, 0.05) is 0 Å². The first kappa shape index (κ1) is 15.3. The van der Waals surface area contributed by atoms with Gasteiger partial charge in [0.05, 0.1) is 4.21 Å². The van der Waals surface area contributed by atoms with Crippen molar-refractivity contribution in [3.63, 3.8) is 0 Å². The van der Waals surface area contributed by atoms with Gasteiger partial charge >= 0.3 is 6.18 Å². The van der Waals surface area contributed by atoms with E-state index in [-0.39, 0.29) is 5.56 Å². The molecule has 2 aromatic rings. The van der Waals surface area contributed by atoms with E-state index in [4.69, 9.17) is 0 Å². The molecule has 1 unspecified atom stereocenters. The summed E-state index contributed by atoms with van der Waals surface area (Å²) < 4.78 is 67.1. The molecule has 0 spiro atoms. The van der Waals surface area contributed by atoms with Crippen LogP contribution in [0, 0.1) is 10.9 Å². The van der Waals surface area contributed by atoms with Crippen LogP contribution >= 0.6 is 23.3 Å². The molecule has 1 N–H and O–H groups in total. The number of hydrogen-bond acceptors (Lipinski definition) is 3. The SMILES string of the molecule is Fc1ccc(C(NSc2ccc(F)s2)C(F)(F)F)cc1. The predicted octanol–water partition coefficient (Wildman–Crippen LogP) is 4.93. The van der Waals surface area contributed by atoms with Crippen LogP contribution in [-0.2, 0) is 0 Å². The zero-order valence-electron chi connectivity index (χ0n) is 9.75. The van der Waals surface area contributed by atoms with E-state index in [1.165, 1.54) is 12.1 Å². The Balaban J connectivity index is 2.14. The lowest BCUT2D eigenvalue weighted by Gasteiger charge is -2.21. The Morgan fingerprint density at radius 1 is 1.00 bits per heavy atom. The quantitative estimate of drug-likeness (QED) is 0.632. The van der Waals surface area contributed by atoms with Crippen molar-refractivity contribution in [1.29, 1.82) is 0 Å². The predicted molar refractivity (Wildman–Crippen MR) is 68.5 cm³/mol. The molecule has 0 aliphatic rings. The molecule has 1 aromatic heterocycles. The molecule has 0 amide bonds. The van der Waals surface area contributed by atoms with Crippen LogP contribution in [0.4, 0.5) is 22.0 Å². The third-order valence-electron chi connectivity index (χ3n) is 2.36. The molecule has 0 aliphatic heterocycles. The average Bonchev–Trinajstić information content (AvgIpc) is 2.76. The third-order valence-corrected chi connectivity index (χ3v) is 4.22. The van der Waals surface area contributed by atoms with Gasteiger partial charge in [-0.25, -0.2) is 9.11 Å². The molecule has 20 heavy (non-hydrogen) atoms. The lowest BCUT2D eigenvalue weighted by Crippen LogP contribution is -2.30. The lowest BCUT2D eigenvalue weighted by atomic mass is 10.1. The molecule has 1 aromatic carbocycles. The summed E-state index contributed by atoms with van der Waals surface area (Å²) in [6.07, 6.45) is -4.54. The van der Waals surface area contributed by atoms with Crippen molar-refractivity contribution >= 4 is 23.3 Å². The number of hydrogen-bond donors (Lipinski definition) is 1. The highest BCUT2D eigenvalue weighted by Crippen LogP contribution is 2.36. The first-order chi connectivity index (χ1) is 9.36. The van der Waals surface area contributed by atoms with Gasteiger partial charge in [-0.05, 0) is 41.8 Å². The molecule has 0 aliphatic carbocycles. The van der Waals surface area contributed by atoms with Crippen LogP contribution in [0.1, 0.15) is 11.6 Å². The number of rotatable bonds is 4. The lowest BCUT2D eigenvalue weighted by molar-refractivity contribution is -0.152. The molecule has 0 bridgehead atoms. The van der Waals surface area contributed by atoms with E-state index in [1.54, 1.807) is 0 Å². The number of benzene rings is 1. The van der Waals surface area contributed by atoms with Gasteiger partial charge in [-0.2, -0.15) is 17.6 Å². The fourth-order valence-electron chi connectivity index (χ4n) is 1.45. The van der Waals surface area contributed by atoms with Crippen molar-refractivity contribution in [2.45, 2.75) is 16.4 Å². The minimum absolute atomic E-state index is 0.108. The summed E-state index contributed by atoms with van der Waals surface area (Å²) in [5.41, 5.74) is -0.108. The van der Waals surface area contributed by atoms with Gasteiger partial charge < -0.3 is 0 Å².